The minimum atomic E-state index is -0.582. The molecule has 2 N–H and O–H groups in total. The molecule has 0 bridgehead atoms. The van der Waals surface area contributed by atoms with Gasteiger partial charge < -0.3 is 10.4 Å². The van der Waals surface area contributed by atoms with Gasteiger partial charge in [-0.3, -0.25) is 4.79 Å². The van der Waals surface area contributed by atoms with Gasteiger partial charge in [-0.2, -0.15) is 0 Å². The van der Waals surface area contributed by atoms with Crippen LogP contribution in [0.25, 0.3) is 0 Å². The maximum atomic E-state index is 13.3. The zero-order chi connectivity index (χ0) is 13.1. The Morgan fingerprint density at radius 1 is 1.22 bits per heavy atom. The van der Waals surface area contributed by atoms with Crippen LogP contribution in [0.1, 0.15) is 10.4 Å². The summed E-state index contributed by atoms with van der Waals surface area (Å²) in [4.78, 5) is 11.9. The predicted molar refractivity (Wildman–Crippen MR) is 67.5 cm³/mol. The number of carbonyl (C=O) groups excluding carboxylic acids is 1. The molecule has 0 atom stereocenters. The van der Waals surface area contributed by atoms with E-state index in [4.69, 9.17) is 11.6 Å². The Morgan fingerprint density at radius 3 is 2.67 bits per heavy atom. The van der Waals surface area contributed by atoms with Crippen LogP contribution in [0.2, 0.25) is 5.02 Å². The van der Waals surface area contributed by atoms with Gasteiger partial charge in [0.05, 0.1) is 16.3 Å². The van der Waals surface area contributed by atoms with E-state index in [0.717, 1.165) is 0 Å². The molecular formula is C13H9ClFNO2. The lowest BCUT2D eigenvalue weighted by atomic mass is 10.2. The highest BCUT2D eigenvalue weighted by molar-refractivity contribution is 6.34. The Balaban J connectivity index is 2.28. The van der Waals surface area contributed by atoms with Crippen molar-refractivity contribution < 1.29 is 14.3 Å². The molecule has 2 rings (SSSR count). The largest absolute Gasteiger partial charge is 0.508 e. The fraction of sp³-hybridized carbons (Fsp3) is 0. The lowest BCUT2D eigenvalue weighted by Crippen LogP contribution is -2.13. The highest BCUT2D eigenvalue weighted by Gasteiger charge is 2.13. The summed E-state index contributed by atoms with van der Waals surface area (Å²) in [6, 6.07) is 9.77. The third kappa shape index (κ3) is 2.60. The fourth-order valence-electron chi connectivity index (χ4n) is 1.44. The first kappa shape index (κ1) is 12.4. The molecule has 0 aliphatic rings. The van der Waals surface area contributed by atoms with E-state index in [1.165, 1.54) is 36.4 Å². The van der Waals surface area contributed by atoms with Crippen LogP contribution in [0.15, 0.2) is 42.5 Å². The molecule has 0 aliphatic carbocycles. The molecule has 0 radical (unpaired) electrons. The molecule has 2 aromatic rings. The highest BCUT2D eigenvalue weighted by Crippen LogP contribution is 2.22. The molecule has 1 amide bonds. The van der Waals surface area contributed by atoms with Crippen LogP contribution in [-0.2, 0) is 0 Å². The normalized spacial score (nSPS) is 10.1. The van der Waals surface area contributed by atoms with Crippen LogP contribution >= 0.6 is 11.6 Å². The molecule has 92 valence electrons. The second kappa shape index (κ2) is 5.06. The second-order valence-electron chi connectivity index (χ2n) is 3.60. The lowest BCUT2D eigenvalue weighted by molar-refractivity contribution is 0.102. The second-order valence-corrected chi connectivity index (χ2v) is 4.01. The molecule has 18 heavy (non-hydrogen) atoms. The molecule has 0 saturated carbocycles. The molecule has 0 fully saturated rings. The Hall–Kier alpha value is -2.07. The number of nitrogens with one attached hydrogen (secondary N) is 1. The van der Waals surface area contributed by atoms with E-state index in [1.54, 1.807) is 6.07 Å². The number of hydrogen-bond donors (Lipinski definition) is 2. The lowest BCUT2D eigenvalue weighted by Gasteiger charge is -2.07. The quantitative estimate of drug-likeness (QED) is 0.874. The van der Waals surface area contributed by atoms with Crippen molar-refractivity contribution in [1.29, 1.82) is 0 Å². The summed E-state index contributed by atoms with van der Waals surface area (Å²) < 4.78 is 13.3. The van der Waals surface area contributed by atoms with Crippen LogP contribution in [0.5, 0.6) is 5.75 Å². The van der Waals surface area contributed by atoms with Crippen molar-refractivity contribution in [3.05, 3.63) is 58.9 Å². The molecule has 3 nitrogen and oxygen atoms in total. The first-order chi connectivity index (χ1) is 8.58. The van der Waals surface area contributed by atoms with Crippen molar-refractivity contribution in [3.63, 3.8) is 0 Å². The monoisotopic (exact) mass is 265 g/mol. The van der Waals surface area contributed by atoms with Crippen LogP contribution < -0.4 is 5.32 Å². The molecule has 2 aromatic carbocycles. The third-order valence-corrected chi connectivity index (χ3v) is 2.65. The Bertz CT molecular complexity index is 601. The number of phenolic OH excluding ortho intramolecular Hbond substituents is 1. The molecular weight excluding hydrogens is 257 g/mol. The third-order valence-electron chi connectivity index (χ3n) is 2.32. The summed E-state index contributed by atoms with van der Waals surface area (Å²) in [6.07, 6.45) is 0. The van der Waals surface area contributed by atoms with E-state index < -0.39 is 11.7 Å². The summed E-state index contributed by atoms with van der Waals surface area (Å²) in [5, 5.41) is 11.9. The fourth-order valence-corrected chi connectivity index (χ4v) is 1.64. The molecule has 0 unspecified atom stereocenters. The highest BCUT2D eigenvalue weighted by atomic mass is 35.5. The van der Waals surface area contributed by atoms with Gasteiger partial charge in [0.1, 0.15) is 11.6 Å². The maximum absolute atomic E-state index is 13.3. The van der Waals surface area contributed by atoms with Gasteiger partial charge in [0.2, 0.25) is 0 Å². The Labute approximate surface area is 108 Å². The van der Waals surface area contributed by atoms with E-state index in [9.17, 15) is 14.3 Å². The summed E-state index contributed by atoms with van der Waals surface area (Å²) in [5.74, 6) is -1.21. The minimum Gasteiger partial charge on any atom is -0.508 e. The van der Waals surface area contributed by atoms with Crippen molar-refractivity contribution in [1.82, 2.24) is 0 Å². The van der Waals surface area contributed by atoms with Crippen molar-refractivity contribution in [2.45, 2.75) is 0 Å². The van der Waals surface area contributed by atoms with E-state index in [1.807, 2.05) is 0 Å². The predicted octanol–water partition coefficient (Wildman–Crippen LogP) is 3.44. The number of rotatable bonds is 2. The van der Waals surface area contributed by atoms with E-state index in [2.05, 4.69) is 5.32 Å². The van der Waals surface area contributed by atoms with Crippen LogP contribution in [-0.4, -0.2) is 11.0 Å². The zero-order valence-corrected chi connectivity index (χ0v) is 9.91. The number of halogens is 2. The van der Waals surface area contributed by atoms with Gasteiger partial charge >= 0.3 is 0 Å². The summed E-state index contributed by atoms with van der Waals surface area (Å²) in [6.45, 7) is 0. The van der Waals surface area contributed by atoms with Gasteiger partial charge in [-0.25, -0.2) is 4.39 Å². The van der Waals surface area contributed by atoms with E-state index in [-0.39, 0.29) is 22.0 Å². The first-order valence-electron chi connectivity index (χ1n) is 5.12. The summed E-state index contributed by atoms with van der Waals surface area (Å²) in [5.41, 5.74) is 0.141. The number of para-hydroxylation sites is 1. The SMILES string of the molecule is O=C(Nc1ccccc1F)c1cc(O)ccc1Cl. The average Bonchev–Trinajstić information content (AvgIpc) is 2.35. The van der Waals surface area contributed by atoms with Gasteiger partial charge in [-0.05, 0) is 30.3 Å². The Morgan fingerprint density at radius 2 is 1.94 bits per heavy atom. The molecule has 0 heterocycles. The van der Waals surface area contributed by atoms with E-state index >= 15 is 0 Å². The number of hydrogen-bond acceptors (Lipinski definition) is 2. The molecule has 0 aromatic heterocycles. The topological polar surface area (TPSA) is 49.3 Å². The number of carbonyl (C=O) groups is 1. The van der Waals surface area contributed by atoms with E-state index in [0.29, 0.717) is 0 Å². The van der Waals surface area contributed by atoms with Crippen molar-refractivity contribution in [2.75, 3.05) is 5.32 Å². The number of phenols is 1. The van der Waals surface area contributed by atoms with Gasteiger partial charge in [0.25, 0.3) is 5.91 Å². The van der Waals surface area contributed by atoms with Crippen molar-refractivity contribution in [2.24, 2.45) is 0 Å². The number of anilines is 1. The minimum absolute atomic E-state index is 0.0573. The molecule has 5 heteroatoms. The summed E-state index contributed by atoms with van der Waals surface area (Å²) in [7, 11) is 0. The van der Waals surface area contributed by atoms with Gasteiger partial charge in [0, 0.05) is 0 Å². The molecule has 0 spiro atoms. The standard InChI is InChI=1S/C13H9ClFNO2/c14-10-6-5-8(17)7-9(10)13(18)16-12-4-2-1-3-11(12)15/h1-7,17H,(H,16,18). The zero-order valence-electron chi connectivity index (χ0n) is 9.15. The number of aromatic hydroxyl groups is 1. The summed E-state index contributed by atoms with van der Waals surface area (Å²) >= 11 is 5.83. The van der Waals surface area contributed by atoms with Crippen LogP contribution in [0.3, 0.4) is 0 Å². The van der Waals surface area contributed by atoms with Gasteiger partial charge in [0.15, 0.2) is 0 Å². The Kier molecular flexibility index (Phi) is 3.48. The molecule has 0 saturated heterocycles. The van der Waals surface area contributed by atoms with Crippen molar-refractivity contribution in [3.8, 4) is 5.75 Å². The van der Waals surface area contributed by atoms with Crippen molar-refractivity contribution >= 4 is 23.2 Å². The number of amides is 1. The van der Waals surface area contributed by atoms with Gasteiger partial charge in [-0.15, -0.1) is 0 Å². The molecule has 0 aliphatic heterocycles. The first-order valence-corrected chi connectivity index (χ1v) is 5.50. The number of benzene rings is 2. The van der Waals surface area contributed by atoms with Gasteiger partial charge in [-0.1, -0.05) is 23.7 Å². The smallest absolute Gasteiger partial charge is 0.257 e. The van der Waals surface area contributed by atoms with Crippen LogP contribution in [0, 0.1) is 5.82 Å². The average molecular weight is 266 g/mol. The van der Waals surface area contributed by atoms with Crippen LogP contribution in [0.4, 0.5) is 10.1 Å². The maximum Gasteiger partial charge on any atom is 0.257 e.